The summed E-state index contributed by atoms with van der Waals surface area (Å²) < 4.78 is 10.9. The van der Waals surface area contributed by atoms with Crippen LogP contribution in [0.2, 0.25) is 0 Å². The molecule has 31 heavy (non-hydrogen) atoms. The van der Waals surface area contributed by atoms with E-state index in [1.54, 1.807) is 19.1 Å². The maximum atomic E-state index is 14.0. The second kappa shape index (κ2) is 7.65. The van der Waals surface area contributed by atoms with Gasteiger partial charge in [0.25, 0.3) is 5.91 Å². The molecule has 2 spiro atoms. The smallest absolute Gasteiger partial charge is 0.262 e. The number of amides is 1. The Bertz CT molecular complexity index is 979. The van der Waals surface area contributed by atoms with Gasteiger partial charge < -0.3 is 15.2 Å². The number of benzene rings is 1. The van der Waals surface area contributed by atoms with Gasteiger partial charge in [-0.3, -0.25) is 9.69 Å². The predicted octanol–water partition coefficient (Wildman–Crippen LogP) is 2.58. The average Bonchev–Trinajstić information content (AvgIpc) is 3.53. The Labute approximate surface area is 184 Å². The lowest BCUT2D eigenvalue weighted by atomic mass is 9.61. The lowest BCUT2D eigenvalue weighted by Crippen LogP contribution is -2.52. The van der Waals surface area contributed by atoms with E-state index in [1.807, 2.05) is 0 Å². The molecule has 6 nitrogen and oxygen atoms in total. The third kappa shape index (κ3) is 3.18. The molecule has 1 aromatic carbocycles. The molecule has 3 aliphatic carbocycles. The molecule has 1 aliphatic heterocycles. The zero-order valence-corrected chi connectivity index (χ0v) is 18.4. The molecule has 2 saturated carbocycles. The molecule has 1 amide bonds. The van der Waals surface area contributed by atoms with Crippen molar-refractivity contribution in [3.63, 3.8) is 0 Å². The lowest BCUT2D eigenvalue weighted by Gasteiger charge is -2.45. The van der Waals surface area contributed by atoms with Crippen LogP contribution in [-0.4, -0.2) is 50.2 Å². The van der Waals surface area contributed by atoms with Gasteiger partial charge in [-0.1, -0.05) is 17.9 Å². The Balaban J connectivity index is 1.59. The molecule has 5 rings (SSSR count). The first kappa shape index (κ1) is 20.5. The lowest BCUT2D eigenvalue weighted by molar-refractivity contribution is -0.138. The fourth-order valence-corrected chi connectivity index (χ4v) is 5.75. The number of fused-ring (bicyclic) bond motifs is 3. The molecule has 0 unspecified atom stereocenters. The Morgan fingerprint density at radius 1 is 1.23 bits per heavy atom. The zero-order chi connectivity index (χ0) is 21.6. The molecule has 4 aliphatic rings. The second-order valence-electron chi connectivity index (χ2n) is 9.44. The van der Waals surface area contributed by atoms with E-state index >= 15 is 0 Å². The van der Waals surface area contributed by atoms with Gasteiger partial charge in [-0.25, -0.2) is 4.99 Å². The number of nitrogens with zero attached hydrogens (tertiary/aromatic N) is 2. The number of carbonyl (C=O) groups excluding carboxylic acids is 1. The minimum absolute atomic E-state index is 0.0102. The molecular weight excluding hydrogens is 390 g/mol. The van der Waals surface area contributed by atoms with E-state index in [0.717, 1.165) is 43.2 Å². The summed E-state index contributed by atoms with van der Waals surface area (Å²) >= 11 is 0. The maximum Gasteiger partial charge on any atom is 0.262 e. The third-order valence-corrected chi connectivity index (χ3v) is 7.65. The molecule has 6 heteroatoms. The molecule has 1 atom stereocenters. The highest BCUT2D eigenvalue weighted by atomic mass is 16.5. The van der Waals surface area contributed by atoms with Crippen LogP contribution in [0, 0.1) is 23.2 Å². The molecular formula is C25H31N3O3. The van der Waals surface area contributed by atoms with Crippen LogP contribution in [0.4, 0.5) is 0 Å². The van der Waals surface area contributed by atoms with Crippen molar-refractivity contribution in [2.24, 2.45) is 22.1 Å². The van der Waals surface area contributed by atoms with E-state index in [0.29, 0.717) is 25.0 Å². The summed E-state index contributed by atoms with van der Waals surface area (Å²) in [5.74, 6) is 7.50. The number of hydrogen-bond donors (Lipinski definition) is 1. The molecule has 0 aromatic heterocycles. The van der Waals surface area contributed by atoms with E-state index in [9.17, 15) is 4.79 Å². The highest BCUT2D eigenvalue weighted by Crippen LogP contribution is 2.61. The molecule has 2 fully saturated rings. The van der Waals surface area contributed by atoms with Crippen molar-refractivity contribution in [1.29, 1.82) is 0 Å². The van der Waals surface area contributed by atoms with Gasteiger partial charge in [0, 0.05) is 31.1 Å². The van der Waals surface area contributed by atoms with Crippen LogP contribution in [0.3, 0.4) is 0 Å². The number of methoxy groups -OCH3 is 2. The molecule has 0 bridgehead atoms. The van der Waals surface area contributed by atoms with Crippen LogP contribution < -0.4 is 5.73 Å². The van der Waals surface area contributed by atoms with Crippen LogP contribution in [0.25, 0.3) is 0 Å². The number of carbonyl (C=O) groups is 1. The number of aliphatic imine (C=N–C) groups is 1. The molecule has 0 saturated heterocycles. The summed E-state index contributed by atoms with van der Waals surface area (Å²) in [4.78, 5) is 20.6. The zero-order valence-electron chi connectivity index (χ0n) is 18.4. The van der Waals surface area contributed by atoms with Crippen molar-refractivity contribution < 1.29 is 14.3 Å². The maximum absolute atomic E-state index is 14.0. The number of hydrogen-bond acceptors (Lipinski definition) is 5. The van der Waals surface area contributed by atoms with Gasteiger partial charge in [0.15, 0.2) is 11.5 Å². The second-order valence-corrected chi connectivity index (χ2v) is 9.44. The van der Waals surface area contributed by atoms with Gasteiger partial charge >= 0.3 is 0 Å². The van der Waals surface area contributed by atoms with Crippen molar-refractivity contribution in [2.75, 3.05) is 27.4 Å². The minimum Gasteiger partial charge on any atom is -0.383 e. The average molecular weight is 422 g/mol. The number of nitrogens with two attached hydrogens (primary N) is 1. The predicted molar refractivity (Wildman–Crippen MR) is 118 cm³/mol. The van der Waals surface area contributed by atoms with Crippen LogP contribution in [-0.2, 0) is 26.2 Å². The summed E-state index contributed by atoms with van der Waals surface area (Å²) in [5.41, 5.74) is 8.29. The Morgan fingerprint density at radius 2 is 2.00 bits per heavy atom. The quantitative estimate of drug-likeness (QED) is 0.758. The highest BCUT2D eigenvalue weighted by molar-refractivity contribution is 6.08. The number of rotatable bonds is 4. The highest BCUT2D eigenvalue weighted by Gasteiger charge is 2.66. The Kier molecular flexibility index (Phi) is 5.07. The first-order valence-electron chi connectivity index (χ1n) is 11.4. The Hall–Kier alpha value is -2.36. The van der Waals surface area contributed by atoms with Crippen molar-refractivity contribution in [3.8, 4) is 11.8 Å². The summed E-state index contributed by atoms with van der Waals surface area (Å²) in [6, 6.07) is 6.36. The molecule has 2 N–H and O–H groups in total. The van der Waals surface area contributed by atoms with Crippen molar-refractivity contribution >= 4 is 11.9 Å². The topological polar surface area (TPSA) is 77.2 Å². The molecule has 1 aromatic rings. The van der Waals surface area contributed by atoms with E-state index < -0.39 is 5.54 Å². The van der Waals surface area contributed by atoms with Crippen LogP contribution in [0.1, 0.15) is 55.2 Å². The van der Waals surface area contributed by atoms with E-state index in [4.69, 9.17) is 20.2 Å². The van der Waals surface area contributed by atoms with Crippen LogP contribution in [0.5, 0.6) is 0 Å². The largest absolute Gasteiger partial charge is 0.383 e. The van der Waals surface area contributed by atoms with Crippen molar-refractivity contribution in [1.82, 2.24) is 4.90 Å². The fraction of sp³-hybridized carbons (Fsp3) is 0.600. The van der Waals surface area contributed by atoms with Crippen molar-refractivity contribution in [2.45, 2.75) is 56.6 Å². The van der Waals surface area contributed by atoms with Crippen LogP contribution in [0.15, 0.2) is 23.2 Å². The summed E-state index contributed by atoms with van der Waals surface area (Å²) in [7, 11) is 3.41. The summed E-state index contributed by atoms with van der Waals surface area (Å²) in [5, 5.41) is 0. The van der Waals surface area contributed by atoms with E-state index in [-0.39, 0.29) is 17.4 Å². The third-order valence-electron chi connectivity index (χ3n) is 7.65. The van der Waals surface area contributed by atoms with Gasteiger partial charge in [-0.2, -0.15) is 0 Å². The molecule has 1 heterocycles. The summed E-state index contributed by atoms with van der Waals surface area (Å²) in [6.45, 7) is 0.844. The van der Waals surface area contributed by atoms with E-state index in [1.165, 1.54) is 18.4 Å². The SMILES string of the molecule is COCCN1C(=O)[C@]2(N=C1N)c1cc(C#CC3CC3)ccc1C[C@]21CC[C@@H](OC)CC1. The van der Waals surface area contributed by atoms with Gasteiger partial charge in [-0.15, -0.1) is 0 Å². The first-order valence-corrected chi connectivity index (χ1v) is 11.4. The first-order chi connectivity index (χ1) is 15.0. The van der Waals surface area contributed by atoms with E-state index in [2.05, 4.69) is 30.0 Å². The summed E-state index contributed by atoms with van der Waals surface area (Å²) in [6.07, 6.45) is 7.12. The number of guanidine groups is 1. The number of ether oxygens (including phenoxy) is 2. The van der Waals surface area contributed by atoms with Gasteiger partial charge in [0.1, 0.15) is 0 Å². The normalized spacial score (nSPS) is 31.7. The van der Waals surface area contributed by atoms with Crippen LogP contribution >= 0.6 is 0 Å². The van der Waals surface area contributed by atoms with Gasteiger partial charge in [-0.05, 0) is 68.2 Å². The molecule has 0 radical (unpaired) electrons. The van der Waals surface area contributed by atoms with Crippen molar-refractivity contribution in [3.05, 3.63) is 34.9 Å². The molecule has 164 valence electrons. The van der Waals surface area contributed by atoms with Gasteiger partial charge in [0.2, 0.25) is 0 Å². The Morgan fingerprint density at radius 3 is 2.68 bits per heavy atom. The standard InChI is InChI=1S/C25H31N3O3/c1-30-14-13-28-22(29)25(27-23(28)26)21-15-18(6-5-17-3-4-17)7-8-19(21)16-24(25)11-9-20(31-2)10-12-24/h7-8,15,17,20H,3-4,9-14,16H2,1-2H3,(H2,26,27)/t20-,24-,25-/m1/s1. The monoisotopic (exact) mass is 421 g/mol. The fourth-order valence-electron chi connectivity index (χ4n) is 5.75. The minimum atomic E-state index is -0.962. The van der Waals surface area contributed by atoms with Gasteiger partial charge in [0.05, 0.1) is 19.3 Å².